The minimum atomic E-state index is -4.46. The average Bonchev–Trinajstić information content (AvgIpc) is 2.85. The van der Waals surface area contributed by atoms with Gasteiger partial charge >= 0.3 is 12.1 Å². The van der Waals surface area contributed by atoms with Gasteiger partial charge in [-0.25, -0.2) is 0 Å². The van der Waals surface area contributed by atoms with Gasteiger partial charge in [0.1, 0.15) is 0 Å². The molecule has 0 amide bonds. The third-order valence-corrected chi connectivity index (χ3v) is 4.24. The molecule has 0 saturated carbocycles. The number of carboxylic acids is 1. The van der Waals surface area contributed by atoms with Crippen LogP contribution < -0.4 is 0 Å². The molecule has 0 aliphatic carbocycles. The number of likely N-dealkylation sites (tertiary alicyclic amines) is 1. The molecule has 3 nitrogen and oxygen atoms in total. The summed E-state index contributed by atoms with van der Waals surface area (Å²) >= 11 is 5.78. The lowest BCUT2D eigenvalue weighted by molar-refractivity contribution is -0.188. The van der Waals surface area contributed by atoms with Gasteiger partial charge in [-0.05, 0) is 37.1 Å². The summed E-state index contributed by atoms with van der Waals surface area (Å²) in [5.41, 5.74) is 1.06. The number of halogens is 4. The van der Waals surface area contributed by atoms with Crippen molar-refractivity contribution < 1.29 is 23.1 Å². The van der Waals surface area contributed by atoms with E-state index in [2.05, 4.69) is 0 Å². The minimum absolute atomic E-state index is 0.0415. The normalized spacial score (nSPS) is 22.9. The van der Waals surface area contributed by atoms with Gasteiger partial charge < -0.3 is 10.0 Å². The van der Waals surface area contributed by atoms with Crippen LogP contribution in [0.1, 0.15) is 12.0 Å². The van der Waals surface area contributed by atoms with Crippen LogP contribution in [-0.4, -0.2) is 41.8 Å². The number of carbonyl (C=O) groups is 1. The van der Waals surface area contributed by atoms with Gasteiger partial charge in [0.25, 0.3) is 0 Å². The van der Waals surface area contributed by atoms with Crippen molar-refractivity contribution in [2.24, 2.45) is 11.8 Å². The van der Waals surface area contributed by atoms with E-state index in [9.17, 15) is 18.0 Å². The Balaban J connectivity index is 1.86. The summed E-state index contributed by atoms with van der Waals surface area (Å²) < 4.78 is 38.6. The van der Waals surface area contributed by atoms with Crippen LogP contribution in [0.4, 0.5) is 13.2 Å². The van der Waals surface area contributed by atoms with Crippen LogP contribution >= 0.6 is 11.6 Å². The lowest BCUT2D eigenvalue weighted by atomic mass is 9.96. The second kappa shape index (κ2) is 6.87. The van der Waals surface area contributed by atoms with Gasteiger partial charge in [-0.3, -0.25) is 4.79 Å². The van der Waals surface area contributed by atoms with E-state index in [0.29, 0.717) is 18.0 Å². The number of nitrogens with zero attached hydrogens (tertiary/aromatic N) is 1. The van der Waals surface area contributed by atoms with Crippen LogP contribution in [0.5, 0.6) is 0 Å². The molecule has 1 fully saturated rings. The lowest BCUT2D eigenvalue weighted by Gasteiger charge is -2.18. The van der Waals surface area contributed by atoms with E-state index in [4.69, 9.17) is 16.7 Å². The van der Waals surface area contributed by atoms with E-state index in [-0.39, 0.29) is 13.1 Å². The van der Waals surface area contributed by atoms with Crippen LogP contribution in [0.2, 0.25) is 5.02 Å². The summed E-state index contributed by atoms with van der Waals surface area (Å²) in [6, 6.07) is 7.30. The van der Waals surface area contributed by atoms with Gasteiger partial charge in [0.05, 0.1) is 11.8 Å². The minimum Gasteiger partial charge on any atom is -0.481 e. The summed E-state index contributed by atoms with van der Waals surface area (Å²) in [6.45, 7) is 0.181. The first-order valence-electron chi connectivity index (χ1n) is 7.03. The topological polar surface area (TPSA) is 40.5 Å². The number of hydrogen-bond donors (Lipinski definition) is 1. The maximum absolute atomic E-state index is 12.9. The monoisotopic (exact) mass is 335 g/mol. The highest BCUT2D eigenvalue weighted by Crippen LogP contribution is 2.37. The number of benzene rings is 1. The Labute approximate surface area is 131 Å². The first-order valence-corrected chi connectivity index (χ1v) is 7.41. The molecule has 2 atom stereocenters. The molecule has 0 aromatic heterocycles. The van der Waals surface area contributed by atoms with Gasteiger partial charge in [0.15, 0.2) is 0 Å². The van der Waals surface area contributed by atoms with Gasteiger partial charge in [-0.2, -0.15) is 13.2 Å². The number of aliphatic carboxylic acids is 1. The van der Waals surface area contributed by atoms with Gasteiger partial charge in [-0.1, -0.05) is 23.7 Å². The van der Waals surface area contributed by atoms with Gasteiger partial charge in [0, 0.05) is 18.1 Å². The van der Waals surface area contributed by atoms with Crippen molar-refractivity contribution in [1.82, 2.24) is 4.90 Å². The highest BCUT2D eigenvalue weighted by atomic mass is 35.5. The van der Waals surface area contributed by atoms with Gasteiger partial charge in [0.2, 0.25) is 0 Å². The first-order chi connectivity index (χ1) is 10.3. The summed E-state index contributed by atoms with van der Waals surface area (Å²) in [6.07, 6.45) is -3.06. The molecule has 22 heavy (non-hydrogen) atoms. The van der Waals surface area contributed by atoms with Crippen LogP contribution in [0, 0.1) is 11.8 Å². The fraction of sp³-hybridized carbons (Fsp3) is 0.533. The quantitative estimate of drug-likeness (QED) is 0.895. The third-order valence-electron chi connectivity index (χ3n) is 3.99. The van der Waals surface area contributed by atoms with Crippen LogP contribution in [-0.2, 0) is 11.2 Å². The zero-order valence-corrected chi connectivity index (χ0v) is 12.6. The standard InChI is InChI=1S/C15H17ClF3NO2/c16-11-5-3-10(4-6-11)2-1-7-20-8-12(14(21)22)13(9-20)15(17,18)19/h3-6,12-13H,1-2,7-9H2,(H,21,22)/t12-,13-/m1/s1. The van der Waals surface area contributed by atoms with E-state index in [1.807, 2.05) is 12.1 Å². The SMILES string of the molecule is O=C(O)[C@@H]1CN(CCCc2ccc(Cl)cc2)C[C@H]1C(F)(F)F. The summed E-state index contributed by atoms with van der Waals surface area (Å²) in [5.74, 6) is -4.52. The molecule has 1 aromatic carbocycles. The molecular formula is C15H17ClF3NO2. The molecule has 1 saturated heterocycles. The van der Waals surface area contributed by atoms with E-state index in [0.717, 1.165) is 12.0 Å². The van der Waals surface area contributed by atoms with Gasteiger partial charge in [-0.15, -0.1) is 0 Å². The molecule has 1 aromatic rings. The van der Waals surface area contributed by atoms with Crippen LogP contribution in [0.3, 0.4) is 0 Å². The fourth-order valence-corrected chi connectivity index (χ4v) is 2.93. The van der Waals surface area contributed by atoms with E-state index in [1.165, 1.54) is 0 Å². The molecule has 1 aliphatic heterocycles. The average molecular weight is 336 g/mol. The van der Waals surface area contributed by atoms with E-state index in [1.54, 1.807) is 17.0 Å². The van der Waals surface area contributed by atoms with Crippen molar-refractivity contribution in [2.75, 3.05) is 19.6 Å². The molecule has 0 spiro atoms. The largest absolute Gasteiger partial charge is 0.481 e. The van der Waals surface area contributed by atoms with E-state index >= 15 is 0 Å². The molecule has 7 heteroatoms. The van der Waals surface area contributed by atoms with E-state index < -0.39 is 24.0 Å². The second-order valence-corrected chi connectivity index (χ2v) is 6.02. The Morgan fingerprint density at radius 2 is 1.91 bits per heavy atom. The Morgan fingerprint density at radius 1 is 1.27 bits per heavy atom. The molecule has 1 heterocycles. The smallest absolute Gasteiger partial charge is 0.393 e. The third kappa shape index (κ3) is 4.36. The van der Waals surface area contributed by atoms with Crippen molar-refractivity contribution in [3.8, 4) is 0 Å². The highest BCUT2D eigenvalue weighted by molar-refractivity contribution is 6.30. The fourth-order valence-electron chi connectivity index (χ4n) is 2.81. The van der Waals surface area contributed by atoms with Crippen molar-refractivity contribution in [1.29, 1.82) is 0 Å². The first kappa shape index (κ1) is 17.1. The number of alkyl halides is 3. The molecular weight excluding hydrogens is 319 g/mol. The van der Waals surface area contributed by atoms with Crippen molar-refractivity contribution in [3.05, 3.63) is 34.9 Å². The van der Waals surface area contributed by atoms with Crippen molar-refractivity contribution in [2.45, 2.75) is 19.0 Å². The van der Waals surface area contributed by atoms with Crippen molar-refractivity contribution in [3.63, 3.8) is 0 Å². The molecule has 0 bridgehead atoms. The molecule has 1 N–H and O–H groups in total. The zero-order valence-electron chi connectivity index (χ0n) is 11.8. The number of rotatable bonds is 5. The Morgan fingerprint density at radius 3 is 2.41 bits per heavy atom. The lowest BCUT2D eigenvalue weighted by Crippen LogP contribution is -2.33. The number of carboxylic acid groups (broad SMARTS) is 1. The Hall–Kier alpha value is -1.27. The number of aryl methyl sites for hydroxylation is 1. The predicted molar refractivity (Wildman–Crippen MR) is 76.9 cm³/mol. The zero-order chi connectivity index (χ0) is 16.3. The Kier molecular flexibility index (Phi) is 5.34. The Bertz CT molecular complexity index is 519. The van der Waals surface area contributed by atoms with Crippen molar-refractivity contribution >= 4 is 17.6 Å². The predicted octanol–water partition coefficient (Wildman–Crippen LogP) is 3.47. The molecule has 0 radical (unpaired) electrons. The molecule has 0 unspecified atom stereocenters. The maximum Gasteiger partial charge on any atom is 0.393 e. The van der Waals surface area contributed by atoms with Crippen LogP contribution in [0.15, 0.2) is 24.3 Å². The molecule has 2 rings (SSSR count). The number of hydrogen-bond acceptors (Lipinski definition) is 2. The summed E-state index contributed by atoms with van der Waals surface area (Å²) in [5, 5.41) is 9.59. The molecule has 1 aliphatic rings. The highest BCUT2D eigenvalue weighted by Gasteiger charge is 2.52. The second-order valence-electron chi connectivity index (χ2n) is 5.58. The summed E-state index contributed by atoms with van der Waals surface area (Å²) in [7, 11) is 0. The maximum atomic E-state index is 12.9. The molecule has 122 valence electrons. The van der Waals surface area contributed by atoms with Crippen LogP contribution in [0.25, 0.3) is 0 Å². The summed E-state index contributed by atoms with van der Waals surface area (Å²) in [4.78, 5) is 12.6.